The van der Waals surface area contributed by atoms with E-state index in [0.29, 0.717) is 38.9 Å². The molecule has 0 amide bonds. The first-order valence-corrected chi connectivity index (χ1v) is 8.24. The van der Waals surface area contributed by atoms with E-state index in [-0.39, 0.29) is 5.78 Å². The van der Waals surface area contributed by atoms with Gasteiger partial charge in [-0.2, -0.15) is 5.26 Å². The SMILES string of the molecule is CCc1cccc(CC)c1CC(=O)CC1(C#N)CCOCC1. The van der Waals surface area contributed by atoms with Crippen LogP contribution in [0.25, 0.3) is 0 Å². The number of carbonyl (C=O) groups excluding carboxylic acids is 1. The summed E-state index contributed by atoms with van der Waals surface area (Å²) in [6.07, 6.45) is 4.03. The number of rotatable bonds is 6. The van der Waals surface area contributed by atoms with Gasteiger partial charge in [0.05, 0.1) is 11.5 Å². The molecular formula is C19H25NO2. The summed E-state index contributed by atoms with van der Waals surface area (Å²) in [7, 11) is 0. The molecule has 118 valence electrons. The minimum atomic E-state index is -0.511. The van der Waals surface area contributed by atoms with Crippen molar-refractivity contribution in [3.8, 4) is 6.07 Å². The molecule has 0 spiro atoms. The van der Waals surface area contributed by atoms with Crippen molar-refractivity contribution in [2.45, 2.75) is 52.4 Å². The molecule has 22 heavy (non-hydrogen) atoms. The van der Waals surface area contributed by atoms with Gasteiger partial charge in [0.15, 0.2) is 0 Å². The van der Waals surface area contributed by atoms with E-state index in [4.69, 9.17) is 4.74 Å². The second-order valence-corrected chi connectivity index (χ2v) is 6.16. The van der Waals surface area contributed by atoms with Crippen molar-refractivity contribution < 1.29 is 9.53 Å². The van der Waals surface area contributed by atoms with Gasteiger partial charge in [0, 0.05) is 26.1 Å². The summed E-state index contributed by atoms with van der Waals surface area (Å²) >= 11 is 0. The molecule has 0 aromatic heterocycles. The fourth-order valence-electron chi connectivity index (χ4n) is 3.30. The van der Waals surface area contributed by atoms with Crippen molar-refractivity contribution in [2.75, 3.05) is 13.2 Å². The maximum Gasteiger partial charge on any atom is 0.138 e. The molecule has 1 aromatic carbocycles. The van der Waals surface area contributed by atoms with Crippen molar-refractivity contribution in [1.82, 2.24) is 0 Å². The molecule has 3 nitrogen and oxygen atoms in total. The van der Waals surface area contributed by atoms with Crippen LogP contribution < -0.4 is 0 Å². The molecule has 0 bridgehead atoms. The summed E-state index contributed by atoms with van der Waals surface area (Å²) in [5.41, 5.74) is 3.18. The van der Waals surface area contributed by atoms with Crippen LogP contribution in [-0.2, 0) is 28.8 Å². The van der Waals surface area contributed by atoms with Gasteiger partial charge >= 0.3 is 0 Å². The van der Waals surface area contributed by atoms with Gasteiger partial charge in [-0.1, -0.05) is 32.0 Å². The largest absolute Gasteiger partial charge is 0.381 e. The number of ether oxygens (including phenoxy) is 1. The molecule has 0 radical (unpaired) electrons. The first-order valence-electron chi connectivity index (χ1n) is 8.24. The number of carbonyl (C=O) groups is 1. The van der Waals surface area contributed by atoms with E-state index in [1.165, 1.54) is 16.7 Å². The zero-order valence-corrected chi connectivity index (χ0v) is 13.7. The molecule has 1 aliphatic rings. The number of nitriles is 1. The Morgan fingerprint density at radius 2 is 1.82 bits per heavy atom. The van der Waals surface area contributed by atoms with Gasteiger partial charge in [0.1, 0.15) is 5.78 Å². The standard InChI is InChI=1S/C19H25NO2/c1-3-15-6-5-7-16(4-2)18(15)12-17(21)13-19(14-20)8-10-22-11-9-19/h5-7H,3-4,8-13H2,1-2H3. The summed E-state index contributed by atoms with van der Waals surface area (Å²) < 4.78 is 5.34. The van der Waals surface area contributed by atoms with E-state index in [9.17, 15) is 10.1 Å². The Hall–Kier alpha value is -1.66. The third-order valence-corrected chi connectivity index (χ3v) is 4.73. The number of ketones is 1. The van der Waals surface area contributed by atoms with Crippen LogP contribution in [-0.4, -0.2) is 19.0 Å². The minimum absolute atomic E-state index is 0.180. The first-order chi connectivity index (χ1) is 10.6. The maximum atomic E-state index is 12.6. The molecule has 1 aliphatic heterocycles. The second-order valence-electron chi connectivity index (χ2n) is 6.16. The molecule has 1 heterocycles. The van der Waals surface area contributed by atoms with E-state index >= 15 is 0 Å². The lowest BCUT2D eigenvalue weighted by Crippen LogP contribution is -2.31. The van der Waals surface area contributed by atoms with Crippen LogP contribution in [0.2, 0.25) is 0 Å². The van der Waals surface area contributed by atoms with Crippen LogP contribution in [0.5, 0.6) is 0 Å². The molecule has 0 N–H and O–H groups in total. The van der Waals surface area contributed by atoms with Crippen molar-refractivity contribution in [2.24, 2.45) is 5.41 Å². The maximum absolute atomic E-state index is 12.6. The van der Waals surface area contributed by atoms with Crippen LogP contribution >= 0.6 is 0 Å². The second kappa shape index (κ2) is 7.56. The Labute approximate surface area is 133 Å². The molecule has 1 fully saturated rings. The van der Waals surface area contributed by atoms with Crippen LogP contribution in [0, 0.1) is 16.7 Å². The molecule has 0 saturated carbocycles. The summed E-state index contributed by atoms with van der Waals surface area (Å²) in [5.74, 6) is 0.180. The molecule has 1 saturated heterocycles. The van der Waals surface area contributed by atoms with Gasteiger partial charge in [0.25, 0.3) is 0 Å². The van der Waals surface area contributed by atoms with Gasteiger partial charge in [-0.3, -0.25) is 4.79 Å². The van der Waals surface area contributed by atoms with Crippen molar-refractivity contribution in [1.29, 1.82) is 5.26 Å². The van der Waals surface area contributed by atoms with Crippen LogP contribution in [0.3, 0.4) is 0 Å². The van der Waals surface area contributed by atoms with Crippen molar-refractivity contribution in [3.05, 3.63) is 34.9 Å². The monoisotopic (exact) mass is 299 g/mol. The fraction of sp³-hybridized carbons (Fsp3) is 0.579. The molecule has 0 unspecified atom stereocenters. The van der Waals surface area contributed by atoms with Crippen LogP contribution in [0.15, 0.2) is 18.2 Å². The highest BCUT2D eigenvalue weighted by atomic mass is 16.5. The van der Waals surface area contributed by atoms with Crippen molar-refractivity contribution >= 4 is 5.78 Å². The Morgan fingerprint density at radius 1 is 1.23 bits per heavy atom. The van der Waals surface area contributed by atoms with E-state index in [1.54, 1.807) is 0 Å². The zero-order valence-electron chi connectivity index (χ0n) is 13.7. The van der Waals surface area contributed by atoms with Gasteiger partial charge in [0.2, 0.25) is 0 Å². The van der Waals surface area contributed by atoms with E-state index in [2.05, 4.69) is 38.1 Å². The third-order valence-electron chi connectivity index (χ3n) is 4.73. The number of aryl methyl sites for hydroxylation is 2. The molecular weight excluding hydrogens is 274 g/mol. The lowest BCUT2D eigenvalue weighted by Gasteiger charge is -2.30. The highest BCUT2D eigenvalue weighted by Gasteiger charge is 2.35. The topological polar surface area (TPSA) is 50.1 Å². The Kier molecular flexibility index (Phi) is 5.74. The quantitative estimate of drug-likeness (QED) is 0.806. The van der Waals surface area contributed by atoms with E-state index < -0.39 is 5.41 Å². The summed E-state index contributed by atoms with van der Waals surface area (Å²) in [6.45, 7) is 5.43. The minimum Gasteiger partial charge on any atom is -0.381 e. The Bertz CT molecular complexity index is 543. The predicted molar refractivity (Wildman–Crippen MR) is 86.6 cm³/mol. The van der Waals surface area contributed by atoms with Gasteiger partial charge in [-0.25, -0.2) is 0 Å². The van der Waals surface area contributed by atoms with E-state index in [1.807, 2.05) is 0 Å². The molecule has 0 atom stereocenters. The summed E-state index contributed by atoms with van der Waals surface area (Å²) in [4.78, 5) is 12.6. The van der Waals surface area contributed by atoms with Crippen LogP contribution in [0.1, 0.15) is 49.8 Å². The lowest BCUT2D eigenvalue weighted by molar-refractivity contribution is -0.121. The smallest absolute Gasteiger partial charge is 0.138 e. The average Bonchev–Trinajstić information content (AvgIpc) is 2.55. The van der Waals surface area contributed by atoms with E-state index in [0.717, 1.165) is 12.8 Å². The molecule has 3 heteroatoms. The first kappa shape index (κ1) is 16.7. The number of nitrogens with zero attached hydrogens (tertiary/aromatic N) is 1. The van der Waals surface area contributed by atoms with Gasteiger partial charge in [-0.05, 0) is 42.4 Å². The average molecular weight is 299 g/mol. The molecule has 0 aliphatic carbocycles. The van der Waals surface area contributed by atoms with Crippen molar-refractivity contribution in [3.63, 3.8) is 0 Å². The van der Waals surface area contributed by atoms with Gasteiger partial charge in [-0.15, -0.1) is 0 Å². The third kappa shape index (κ3) is 3.75. The Morgan fingerprint density at radius 3 is 2.32 bits per heavy atom. The fourth-order valence-corrected chi connectivity index (χ4v) is 3.30. The highest BCUT2D eigenvalue weighted by Crippen LogP contribution is 2.34. The number of hydrogen-bond acceptors (Lipinski definition) is 3. The van der Waals surface area contributed by atoms with Crippen LogP contribution in [0.4, 0.5) is 0 Å². The zero-order chi connectivity index (χ0) is 16.0. The Balaban J connectivity index is 2.14. The normalized spacial score (nSPS) is 17.0. The molecule has 1 aromatic rings. The number of benzene rings is 1. The number of hydrogen-bond donors (Lipinski definition) is 0. The molecule has 2 rings (SSSR count). The summed E-state index contributed by atoms with van der Waals surface area (Å²) in [5, 5.41) is 9.50. The summed E-state index contributed by atoms with van der Waals surface area (Å²) in [6, 6.07) is 8.68. The highest BCUT2D eigenvalue weighted by molar-refractivity contribution is 5.82. The predicted octanol–water partition coefficient (Wildman–Crippen LogP) is 3.63. The van der Waals surface area contributed by atoms with Gasteiger partial charge < -0.3 is 4.74 Å². The lowest BCUT2D eigenvalue weighted by atomic mass is 9.76. The number of Topliss-reactive ketones (excluding diaryl/α,β-unsaturated/α-hetero) is 1.